The molecule has 0 bridgehead atoms. The highest BCUT2D eigenvalue weighted by Crippen LogP contribution is 2.20. The number of hydrogen-bond acceptors (Lipinski definition) is 2. The van der Waals surface area contributed by atoms with Gasteiger partial charge >= 0.3 is 0 Å². The predicted octanol–water partition coefficient (Wildman–Crippen LogP) is 6.50. The normalized spacial score (nSPS) is 11.9. The Morgan fingerprint density at radius 1 is 0.615 bits per heavy atom. The number of hydrogen-bond donors (Lipinski definition) is 0. The number of anilines is 2. The van der Waals surface area contributed by atoms with Gasteiger partial charge in [0.25, 0.3) is 0 Å². The first-order valence-electron chi connectivity index (χ1n) is 13.1. The zero-order valence-electron chi connectivity index (χ0n) is 23.2. The van der Waals surface area contributed by atoms with Gasteiger partial charge < -0.3 is 9.80 Å². The van der Waals surface area contributed by atoms with Crippen molar-refractivity contribution in [3.05, 3.63) is 144 Å². The number of benzene rings is 2. The van der Waals surface area contributed by atoms with E-state index in [4.69, 9.17) is 0 Å². The summed E-state index contributed by atoms with van der Waals surface area (Å²) in [5.74, 6) is 0. The third kappa shape index (κ3) is 8.52. The molecule has 4 nitrogen and oxygen atoms in total. The van der Waals surface area contributed by atoms with Gasteiger partial charge in [0.1, 0.15) is 0 Å². The Bertz CT molecular complexity index is 1420. The standard InChI is InChI=1S/C34H37BrN4/c1-36(2)32-14-10-29(11-15-32)26-38-22-18-28(19-23-38)8-6-5-7-9-34(35)31-20-24-39(25-21-31)27-30-12-16-33(17-13-30)37(3)4/h5-25H,26-27H2,1-4H3/q+2. The molecule has 0 fully saturated rings. The van der Waals surface area contributed by atoms with Crippen LogP contribution in [0, 0.1) is 0 Å². The van der Waals surface area contributed by atoms with Crippen LogP contribution in [0.25, 0.3) is 10.6 Å². The topological polar surface area (TPSA) is 14.2 Å². The van der Waals surface area contributed by atoms with Crippen molar-refractivity contribution in [3.63, 3.8) is 0 Å². The second-order valence-corrected chi connectivity index (χ2v) is 10.8. The summed E-state index contributed by atoms with van der Waals surface area (Å²) in [5.41, 5.74) is 7.32. The maximum Gasteiger partial charge on any atom is 0.173 e. The van der Waals surface area contributed by atoms with Crippen molar-refractivity contribution < 1.29 is 9.13 Å². The quantitative estimate of drug-likeness (QED) is 0.157. The average molecular weight is 582 g/mol. The molecule has 198 valence electrons. The summed E-state index contributed by atoms with van der Waals surface area (Å²) in [5, 5.41) is 0. The maximum absolute atomic E-state index is 3.71. The molecule has 0 aliphatic rings. The van der Waals surface area contributed by atoms with Gasteiger partial charge in [-0.2, -0.15) is 0 Å². The number of halogens is 1. The Labute approximate surface area is 241 Å². The van der Waals surface area contributed by atoms with E-state index in [9.17, 15) is 0 Å². The van der Waals surface area contributed by atoms with E-state index in [0.717, 1.165) is 23.1 Å². The summed E-state index contributed by atoms with van der Waals surface area (Å²) >= 11 is 3.71. The van der Waals surface area contributed by atoms with Crippen LogP contribution in [0.3, 0.4) is 0 Å². The lowest BCUT2D eigenvalue weighted by molar-refractivity contribution is -0.688. The van der Waals surface area contributed by atoms with Crippen LogP contribution in [0.4, 0.5) is 11.4 Å². The zero-order chi connectivity index (χ0) is 27.6. The Morgan fingerprint density at radius 2 is 1.08 bits per heavy atom. The summed E-state index contributed by atoms with van der Waals surface area (Å²) < 4.78 is 5.44. The maximum atomic E-state index is 3.71. The Balaban J connectivity index is 1.27. The van der Waals surface area contributed by atoms with Crippen LogP contribution >= 0.6 is 15.9 Å². The summed E-state index contributed by atoms with van der Waals surface area (Å²) in [4.78, 5) is 4.23. The summed E-state index contributed by atoms with van der Waals surface area (Å²) in [7, 11) is 8.24. The van der Waals surface area contributed by atoms with Crippen LogP contribution in [0.15, 0.2) is 122 Å². The fraction of sp³-hybridized carbons (Fsp3) is 0.176. The largest absolute Gasteiger partial charge is 0.378 e. The summed E-state index contributed by atoms with van der Waals surface area (Å²) in [6, 6.07) is 25.9. The zero-order valence-corrected chi connectivity index (χ0v) is 24.8. The second-order valence-electron chi connectivity index (χ2n) is 9.94. The molecule has 0 aliphatic heterocycles. The number of aromatic nitrogens is 2. The Kier molecular flexibility index (Phi) is 9.87. The van der Waals surface area contributed by atoms with E-state index >= 15 is 0 Å². The van der Waals surface area contributed by atoms with E-state index < -0.39 is 0 Å². The molecule has 0 saturated carbocycles. The minimum atomic E-state index is 0.851. The van der Waals surface area contributed by atoms with Crippen LogP contribution in [0.5, 0.6) is 0 Å². The SMILES string of the molecule is CN(C)c1ccc(C[n+]2ccc(C=CC=CC=C(Br)c3cc[n+](Cc4ccc(N(C)C)cc4)cc3)cc2)cc1. The number of nitrogens with zero attached hydrogens (tertiary/aromatic N) is 4. The average Bonchev–Trinajstić information content (AvgIpc) is 2.94. The second kappa shape index (κ2) is 13.7. The molecule has 2 aromatic heterocycles. The van der Waals surface area contributed by atoms with Crippen molar-refractivity contribution in [1.29, 1.82) is 0 Å². The van der Waals surface area contributed by atoms with E-state index in [1.165, 1.54) is 28.1 Å². The number of allylic oxidation sites excluding steroid dienone is 4. The molecule has 5 heteroatoms. The third-order valence-electron chi connectivity index (χ3n) is 6.47. The highest BCUT2D eigenvalue weighted by molar-refractivity contribution is 9.15. The van der Waals surface area contributed by atoms with E-state index in [-0.39, 0.29) is 0 Å². The molecule has 0 radical (unpaired) electrons. The molecule has 4 rings (SSSR count). The van der Waals surface area contributed by atoms with Gasteiger partial charge in [0.05, 0.1) is 0 Å². The van der Waals surface area contributed by atoms with Gasteiger partial charge in [-0.05, 0) is 35.9 Å². The predicted molar refractivity (Wildman–Crippen MR) is 168 cm³/mol. The minimum Gasteiger partial charge on any atom is -0.378 e. The van der Waals surface area contributed by atoms with Crippen molar-refractivity contribution in [2.45, 2.75) is 13.1 Å². The van der Waals surface area contributed by atoms with Crippen LogP contribution in [-0.4, -0.2) is 28.2 Å². The molecular weight excluding hydrogens is 544 g/mol. The lowest BCUT2D eigenvalue weighted by atomic mass is 10.2. The van der Waals surface area contributed by atoms with Gasteiger partial charge in [0, 0.05) is 85.0 Å². The molecule has 0 spiro atoms. The van der Waals surface area contributed by atoms with Crippen LogP contribution < -0.4 is 18.9 Å². The third-order valence-corrected chi connectivity index (χ3v) is 7.20. The fourth-order valence-corrected chi connectivity index (χ4v) is 4.51. The first-order valence-corrected chi connectivity index (χ1v) is 13.9. The molecule has 0 N–H and O–H groups in total. The van der Waals surface area contributed by atoms with E-state index in [0.29, 0.717) is 0 Å². The first kappa shape index (κ1) is 28.1. The minimum absolute atomic E-state index is 0.851. The van der Waals surface area contributed by atoms with Crippen LogP contribution in [-0.2, 0) is 13.1 Å². The molecule has 0 atom stereocenters. The smallest absolute Gasteiger partial charge is 0.173 e. The van der Waals surface area contributed by atoms with E-state index in [2.05, 4.69) is 191 Å². The molecule has 0 saturated heterocycles. The first-order chi connectivity index (χ1) is 18.9. The van der Waals surface area contributed by atoms with Crippen LogP contribution in [0.2, 0.25) is 0 Å². The summed E-state index contributed by atoms with van der Waals surface area (Å²) in [6.07, 6.45) is 18.8. The van der Waals surface area contributed by atoms with Crippen molar-refractivity contribution in [2.24, 2.45) is 0 Å². The van der Waals surface area contributed by atoms with Gasteiger partial charge in [-0.3, -0.25) is 0 Å². The molecule has 0 unspecified atom stereocenters. The highest BCUT2D eigenvalue weighted by atomic mass is 79.9. The molecule has 0 aliphatic carbocycles. The van der Waals surface area contributed by atoms with E-state index in [1.54, 1.807) is 0 Å². The van der Waals surface area contributed by atoms with Crippen LogP contribution in [0.1, 0.15) is 22.3 Å². The number of rotatable bonds is 10. The van der Waals surface area contributed by atoms with Crippen molar-refractivity contribution >= 4 is 37.9 Å². The monoisotopic (exact) mass is 580 g/mol. The van der Waals surface area contributed by atoms with Gasteiger partial charge in [-0.15, -0.1) is 0 Å². The molecule has 0 amide bonds. The summed E-state index contributed by atoms with van der Waals surface area (Å²) in [6.45, 7) is 1.71. The molecular formula is C34H37BrN4+2. The molecule has 39 heavy (non-hydrogen) atoms. The molecule has 4 aromatic rings. The van der Waals surface area contributed by atoms with Gasteiger partial charge in [0.15, 0.2) is 37.9 Å². The van der Waals surface area contributed by atoms with Crippen molar-refractivity contribution in [3.8, 4) is 0 Å². The molecule has 2 aromatic carbocycles. The van der Waals surface area contributed by atoms with Gasteiger partial charge in [-0.25, -0.2) is 9.13 Å². The van der Waals surface area contributed by atoms with Crippen molar-refractivity contribution in [1.82, 2.24) is 0 Å². The molecule has 2 heterocycles. The van der Waals surface area contributed by atoms with Gasteiger partial charge in [-0.1, -0.05) is 64.5 Å². The highest BCUT2D eigenvalue weighted by Gasteiger charge is 2.06. The number of pyridine rings is 2. The van der Waals surface area contributed by atoms with E-state index in [1.807, 2.05) is 0 Å². The Hall–Kier alpha value is -3.96. The lowest BCUT2D eigenvalue weighted by Gasteiger charge is -2.12. The fourth-order valence-electron chi connectivity index (χ4n) is 4.10. The lowest BCUT2D eigenvalue weighted by Crippen LogP contribution is -2.33. The van der Waals surface area contributed by atoms with Gasteiger partial charge in [0.2, 0.25) is 0 Å². The van der Waals surface area contributed by atoms with Crippen molar-refractivity contribution in [2.75, 3.05) is 38.0 Å². The Morgan fingerprint density at radius 3 is 1.54 bits per heavy atom.